The number of benzene rings is 1. The van der Waals surface area contributed by atoms with Crippen molar-refractivity contribution in [3.63, 3.8) is 0 Å². The van der Waals surface area contributed by atoms with Gasteiger partial charge in [0, 0.05) is 25.2 Å². The molecule has 0 radical (unpaired) electrons. The molecule has 1 aromatic rings. The number of rotatable bonds is 7. The maximum Gasteiger partial charge on any atom is 0.404 e. The van der Waals surface area contributed by atoms with Crippen LogP contribution in [0.4, 0.5) is 13.2 Å². The molecule has 1 saturated heterocycles. The monoisotopic (exact) mass is 371 g/mol. The van der Waals surface area contributed by atoms with E-state index in [0.29, 0.717) is 19.4 Å². The highest BCUT2D eigenvalue weighted by Gasteiger charge is 2.62. The van der Waals surface area contributed by atoms with Crippen molar-refractivity contribution in [2.75, 3.05) is 19.6 Å². The minimum absolute atomic E-state index is 0.0509. The van der Waals surface area contributed by atoms with Gasteiger partial charge in [-0.1, -0.05) is 44.2 Å². The Morgan fingerprint density at radius 3 is 2.38 bits per heavy atom. The van der Waals surface area contributed by atoms with E-state index in [1.165, 1.54) is 0 Å². The summed E-state index contributed by atoms with van der Waals surface area (Å²) < 4.78 is 41.5. The molecule has 0 aromatic heterocycles. The number of nitrogens with one attached hydrogen (secondary N) is 1. The van der Waals surface area contributed by atoms with Crippen molar-refractivity contribution >= 4 is 5.91 Å². The van der Waals surface area contributed by atoms with Gasteiger partial charge in [0.05, 0.1) is 0 Å². The number of halogens is 3. The fourth-order valence-electron chi connectivity index (χ4n) is 3.34. The summed E-state index contributed by atoms with van der Waals surface area (Å²) in [6, 6.07) is 9.32. The second-order valence-electron chi connectivity index (χ2n) is 7.28. The van der Waals surface area contributed by atoms with E-state index >= 15 is 0 Å². The van der Waals surface area contributed by atoms with Gasteiger partial charge in [-0.15, -0.1) is 0 Å². The van der Waals surface area contributed by atoms with Crippen LogP contribution in [-0.2, 0) is 11.3 Å². The average molecular weight is 371 g/mol. The number of carbonyl (C=O) groups excluding carboxylic acids is 1. The topological polar surface area (TPSA) is 58.4 Å². The third-order valence-electron chi connectivity index (χ3n) is 5.58. The third-order valence-corrected chi connectivity index (χ3v) is 5.58. The largest absolute Gasteiger partial charge is 0.404 e. The van der Waals surface area contributed by atoms with Gasteiger partial charge in [-0.2, -0.15) is 13.2 Å². The van der Waals surface area contributed by atoms with Crippen molar-refractivity contribution < 1.29 is 18.0 Å². The minimum atomic E-state index is -4.60. The lowest BCUT2D eigenvalue weighted by Crippen LogP contribution is -2.57. The second kappa shape index (κ2) is 7.96. The number of hydrogen-bond acceptors (Lipinski definition) is 3. The summed E-state index contributed by atoms with van der Waals surface area (Å²) in [7, 11) is 0. The number of hydrogen-bond donors (Lipinski definition) is 2. The first-order valence-corrected chi connectivity index (χ1v) is 9.06. The van der Waals surface area contributed by atoms with Crippen LogP contribution in [0, 0.1) is 5.41 Å². The van der Waals surface area contributed by atoms with Gasteiger partial charge in [0.25, 0.3) is 0 Å². The van der Waals surface area contributed by atoms with E-state index in [4.69, 9.17) is 5.73 Å². The normalized spacial score (nSPS) is 21.8. The molecule has 4 nitrogen and oxygen atoms in total. The predicted molar refractivity (Wildman–Crippen MR) is 95.3 cm³/mol. The zero-order valence-electron chi connectivity index (χ0n) is 15.4. The molecule has 1 aliphatic rings. The summed E-state index contributed by atoms with van der Waals surface area (Å²) in [5.41, 5.74) is 4.01. The highest BCUT2D eigenvalue weighted by atomic mass is 19.4. The van der Waals surface area contributed by atoms with Gasteiger partial charge < -0.3 is 11.1 Å². The van der Waals surface area contributed by atoms with E-state index in [1.54, 1.807) is 4.90 Å². The van der Waals surface area contributed by atoms with Crippen LogP contribution in [0.15, 0.2) is 30.3 Å². The zero-order chi connectivity index (χ0) is 19.4. The predicted octanol–water partition coefficient (Wildman–Crippen LogP) is 3.07. The average Bonchev–Trinajstić information content (AvgIpc) is 3.05. The van der Waals surface area contributed by atoms with Crippen LogP contribution in [-0.4, -0.2) is 42.2 Å². The Labute approximate surface area is 152 Å². The first kappa shape index (κ1) is 20.7. The summed E-state index contributed by atoms with van der Waals surface area (Å²) >= 11 is 0. The first-order valence-electron chi connectivity index (χ1n) is 9.06. The van der Waals surface area contributed by atoms with Gasteiger partial charge in [0.15, 0.2) is 5.41 Å². The molecule has 0 spiro atoms. The smallest absolute Gasteiger partial charge is 0.353 e. The van der Waals surface area contributed by atoms with Gasteiger partial charge in [-0.25, -0.2) is 0 Å². The second-order valence-corrected chi connectivity index (χ2v) is 7.28. The molecule has 1 fully saturated rings. The molecule has 1 atom stereocenters. The fourth-order valence-corrected chi connectivity index (χ4v) is 3.34. The molecule has 2 rings (SSSR count). The van der Waals surface area contributed by atoms with E-state index in [1.807, 2.05) is 44.2 Å². The molecule has 1 unspecified atom stereocenters. The Hall–Kier alpha value is -1.60. The van der Waals surface area contributed by atoms with Gasteiger partial charge in [0.2, 0.25) is 5.91 Å². The molecular formula is C19H28F3N3O. The van der Waals surface area contributed by atoms with Gasteiger partial charge in [0.1, 0.15) is 0 Å². The lowest BCUT2D eigenvalue weighted by molar-refractivity contribution is -0.218. The Balaban J connectivity index is 2.11. The molecular weight excluding hydrogens is 343 g/mol. The highest BCUT2D eigenvalue weighted by Crippen LogP contribution is 2.46. The molecule has 3 N–H and O–H groups in total. The maximum absolute atomic E-state index is 13.8. The highest BCUT2D eigenvalue weighted by molar-refractivity contribution is 5.84. The van der Waals surface area contributed by atoms with Crippen LogP contribution in [0.5, 0.6) is 0 Å². The Kier molecular flexibility index (Phi) is 6.34. The number of alkyl halides is 3. The van der Waals surface area contributed by atoms with Crippen molar-refractivity contribution in [2.24, 2.45) is 11.1 Å². The molecule has 1 aliphatic heterocycles. The summed E-state index contributed by atoms with van der Waals surface area (Å²) in [5.74, 6) is -0.961. The van der Waals surface area contributed by atoms with E-state index in [-0.39, 0.29) is 26.1 Å². The molecule has 1 aromatic carbocycles. The van der Waals surface area contributed by atoms with Gasteiger partial charge in [-0.3, -0.25) is 9.69 Å². The van der Waals surface area contributed by atoms with Crippen LogP contribution in [0.25, 0.3) is 0 Å². The van der Waals surface area contributed by atoms with Crippen LogP contribution in [0.3, 0.4) is 0 Å². The Morgan fingerprint density at radius 2 is 1.85 bits per heavy atom. The molecule has 0 saturated carbocycles. The van der Waals surface area contributed by atoms with Crippen molar-refractivity contribution in [3.05, 3.63) is 35.9 Å². The van der Waals surface area contributed by atoms with E-state index in [2.05, 4.69) is 5.32 Å². The zero-order valence-corrected chi connectivity index (χ0v) is 15.4. The number of nitrogens with two attached hydrogens (primary N) is 1. The van der Waals surface area contributed by atoms with E-state index in [9.17, 15) is 18.0 Å². The summed E-state index contributed by atoms with van der Waals surface area (Å²) in [6.07, 6.45) is -3.66. The van der Waals surface area contributed by atoms with Crippen molar-refractivity contribution in [1.29, 1.82) is 0 Å². The molecule has 26 heavy (non-hydrogen) atoms. The summed E-state index contributed by atoms with van der Waals surface area (Å²) in [4.78, 5) is 14.3. The molecule has 7 heteroatoms. The summed E-state index contributed by atoms with van der Waals surface area (Å²) in [6.45, 7) is 4.09. The van der Waals surface area contributed by atoms with Crippen LogP contribution in [0.2, 0.25) is 0 Å². The maximum atomic E-state index is 13.8. The van der Waals surface area contributed by atoms with Crippen LogP contribution < -0.4 is 11.1 Å². The van der Waals surface area contributed by atoms with Crippen molar-refractivity contribution in [3.8, 4) is 0 Å². The molecule has 0 aliphatic carbocycles. The Bertz CT molecular complexity index is 602. The van der Waals surface area contributed by atoms with Crippen LogP contribution >= 0.6 is 0 Å². The van der Waals surface area contributed by atoms with Crippen molar-refractivity contribution in [2.45, 2.75) is 51.4 Å². The minimum Gasteiger partial charge on any atom is -0.353 e. The van der Waals surface area contributed by atoms with E-state index in [0.717, 1.165) is 5.56 Å². The fraction of sp³-hybridized carbons (Fsp3) is 0.632. The summed E-state index contributed by atoms with van der Waals surface area (Å²) in [5, 5.41) is 2.49. The molecule has 146 valence electrons. The molecule has 0 bridgehead atoms. The first-order chi connectivity index (χ1) is 12.2. The standard InChI is InChI=1S/C19H28F3N3O/c1-3-17(23,4-2)13-24-16(26)18(19(20,21)22)10-11-25(14-18)12-15-8-6-5-7-9-15/h5-9H,3-4,10-14,23H2,1-2H3,(H,24,26). The van der Waals surface area contributed by atoms with Gasteiger partial charge in [-0.05, 0) is 31.4 Å². The quantitative estimate of drug-likeness (QED) is 0.774. The van der Waals surface area contributed by atoms with Gasteiger partial charge >= 0.3 is 6.18 Å². The number of likely N-dealkylation sites (tertiary alicyclic amines) is 1. The Morgan fingerprint density at radius 1 is 1.23 bits per heavy atom. The number of carbonyl (C=O) groups is 1. The molecule has 1 amide bonds. The third kappa shape index (κ3) is 4.38. The molecule has 1 heterocycles. The van der Waals surface area contributed by atoms with E-state index < -0.39 is 23.0 Å². The lowest BCUT2D eigenvalue weighted by Gasteiger charge is -2.33. The number of nitrogens with zero attached hydrogens (tertiary/aromatic N) is 1. The van der Waals surface area contributed by atoms with Crippen molar-refractivity contribution in [1.82, 2.24) is 10.2 Å². The lowest BCUT2D eigenvalue weighted by atomic mass is 9.84. The SMILES string of the molecule is CCC(N)(CC)CNC(=O)C1(C(F)(F)F)CCN(Cc2ccccc2)C1. The number of amides is 1. The van der Waals surface area contributed by atoms with Crippen LogP contribution in [0.1, 0.15) is 38.7 Å².